The summed E-state index contributed by atoms with van der Waals surface area (Å²) in [4.78, 5) is 25.9. The number of aryl methyl sites for hydroxylation is 1. The summed E-state index contributed by atoms with van der Waals surface area (Å²) in [5, 5.41) is 3.92. The molecule has 0 saturated heterocycles. The van der Waals surface area contributed by atoms with Crippen LogP contribution in [-0.2, 0) is 7.05 Å². The number of hydrogen-bond donors (Lipinski definition) is 1. The van der Waals surface area contributed by atoms with E-state index in [0.29, 0.717) is 11.1 Å². The van der Waals surface area contributed by atoms with Gasteiger partial charge in [-0.25, -0.2) is 0 Å². The minimum Gasteiger partial charge on any atom is -0.265 e. The van der Waals surface area contributed by atoms with Crippen molar-refractivity contribution in [3.05, 3.63) is 20.7 Å². The topological polar surface area (TPSA) is 67.8 Å². The van der Waals surface area contributed by atoms with E-state index in [2.05, 4.69) is 32.9 Å². The van der Waals surface area contributed by atoms with Gasteiger partial charge in [-0.1, -0.05) is 41.0 Å². The minimum absolute atomic E-state index is 0.550. The number of aromatic nitrogens is 3. The average Bonchev–Trinajstić information content (AvgIpc) is 2.30. The molecule has 0 aromatic carbocycles. The first-order chi connectivity index (χ1) is 8.08. The summed E-state index contributed by atoms with van der Waals surface area (Å²) in [6.07, 6.45) is 2.27. The van der Waals surface area contributed by atoms with Gasteiger partial charge < -0.3 is 0 Å². The third-order valence-electron chi connectivity index (χ3n) is 2.31. The van der Waals surface area contributed by atoms with Crippen LogP contribution < -0.4 is 11.1 Å². The van der Waals surface area contributed by atoms with Crippen molar-refractivity contribution < 1.29 is 0 Å². The summed E-state index contributed by atoms with van der Waals surface area (Å²) in [5.41, 5.74) is -1.40. The number of alkyl halides is 1. The molecule has 1 aromatic heterocycles. The molecule has 0 radical (unpaired) electrons. The lowest BCUT2D eigenvalue weighted by atomic mass is 10.1. The van der Waals surface area contributed by atoms with Gasteiger partial charge in [0.1, 0.15) is 0 Å². The summed E-state index contributed by atoms with van der Waals surface area (Å²) in [5.74, 6) is 1.43. The van der Waals surface area contributed by atoms with Gasteiger partial charge in [0.25, 0.3) is 0 Å². The lowest BCUT2D eigenvalue weighted by Gasteiger charge is -2.12. The monoisotopic (exact) mass is 321 g/mol. The Morgan fingerprint density at radius 3 is 2.82 bits per heavy atom. The molecule has 0 amide bonds. The highest BCUT2D eigenvalue weighted by Gasteiger charge is 2.10. The molecular weight excluding hydrogens is 306 g/mol. The lowest BCUT2D eigenvalue weighted by molar-refractivity contribution is 0.581. The van der Waals surface area contributed by atoms with E-state index >= 15 is 0 Å². The first-order valence-electron chi connectivity index (χ1n) is 5.44. The molecule has 0 aliphatic heterocycles. The van der Waals surface area contributed by atoms with Crippen LogP contribution in [0.3, 0.4) is 0 Å². The number of rotatable bonds is 6. The van der Waals surface area contributed by atoms with Crippen LogP contribution in [0.1, 0.15) is 19.8 Å². The Labute approximate surface area is 112 Å². The molecule has 1 rings (SSSR count). The van der Waals surface area contributed by atoms with Crippen LogP contribution in [0.2, 0.25) is 0 Å². The van der Waals surface area contributed by atoms with Crippen molar-refractivity contribution >= 4 is 27.7 Å². The van der Waals surface area contributed by atoms with E-state index in [1.54, 1.807) is 7.05 Å². The minimum atomic E-state index is -0.725. The van der Waals surface area contributed by atoms with Crippen molar-refractivity contribution in [2.45, 2.75) is 24.9 Å². The molecule has 0 fully saturated rings. The molecule has 7 heteroatoms. The van der Waals surface area contributed by atoms with Gasteiger partial charge in [0, 0.05) is 18.1 Å². The third kappa shape index (κ3) is 4.31. The van der Waals surface area contributed by atoms with E-state index in [0.717, 1.165) is 23.9 Å². The highest BCUT2D eigenvalue weighted by molar-refractivity contribution is 9.09. The average molecular weight is 322 g/mol. The zero-order valence-electron chi connectivity index (χ0n) is 9.90. The maximum absolute atomic E-state index is 11.1. The quantitative estimate of drug-likeness (QED) is 0.488. The number of nitrogens with one attached hydrogen (secondary N) is 1. The number of thioether (sulfide) groups is 1. The molecule has 5 nitrogen and oxygen atoms in total. The molecule has 17 heavy (non-hydrogen) atoms. The number of hydrogen-bond acceptors (Lipinski definition) is 4. The maximum Gasteiger partial charge on any atom is 0.339 e. The van der Waals surface area contributed by atoms with E-state index < -0.39 is 11.1 Å². The molecule has 0 spiro atoms. The smallest absolute Gasteiger partial charge is 0.265 e. The summed E-state index contributed by atoms with van der Waals surface area (Å²) in [6, 6.07) is 0. The SMILES string of the molecule is CCCC(CBr)CSc1nc(=O)c(=O)[nH]n1C. The van der Waals surface area contributed by atoms with E-state index in [1.165, 1.54) is 16.4 Å². The predicted molar refractivity (Wildman–Crippen MR) is 73.0 cm³/mol. The van der Waals surface area contributed by atoms with Crippen molar-refractivity contribution in [3.8, 4) is 0 Å². The van der Waals surface area contributed by atoms with Gasteiger partial charge in [-0.05, 0) is 12.3 Å². The molecule has 1 N–H and O–H groups in total. The Kier molecular flexibility index (Phi) is 5.97. The Morgan fingerprint density at radius 2 is 2.24 bits per heavy atom. The highest BCUT2D eigenvalue weighted by atomic mass is 79.9. The largest absolute Gasteiger partial charge is 0.339 e. The van der Waals surface area contributed by atoms with Crippen molar-refractivity contribution in [1.82, 2.24) is 14.8 Å². The summed E-state index contributed by atoms with van der Waals surface area (Å²) in [7, 11) is 1.68. The van der Waals surface area contributed by atoms with Crippen molar-refractivity contribution in [2.75, 3.05) is 11.1 Å². The fourth-order valence-corrected chi connectivity index (χ4v) is 3.31. The van der Waals surface area contributed by atoms with Crippen LogP contribution in [0, 0.1) is 5.92 Å². The Bertz CT molecular complexity index is 471. The van der Waals surface area contributed by atoms with E-state index in [9.17, 15) is 9.59 Å². The second-order valence-electron chi connectivity index (χ2n) is 3.82. The van der Waals surface area contributed by atoms with Crippen molar-refractivity contribution in [3.63, 3.8) is 0 Å². The standard InChI is InChI=1S/C10H16BrN3O2S/c1-3-4-7(5-11)6-17-10-12-8(15)9(16)13-14(10)2/h7H,3-6H2,1-2H3,(H,13,16). The predicted octanol–water partition coefficient (Wildman–Crippen LogP) is 1.37. The van der Waals surface area contributed by atoms with Crippen LogP contribution in [0.15, 0.2) is 14.7 Å². The molecule has 1 atom stereocenters. The molecule has 0 saturated carbocycles. The Hall–Kier alpha value is -0.560. The fourth-order valence-electron chi connectivity index (χ4n) is 1.40. The lowest BCUT2D eigenvalue weighted by Crippen LogP contribution is -2.34. The number of nitrogens with zero attached hydrogens (tertiary/aromatic N) is 2. The highest BCUT2D eigenvalue weighted by Crippen LogP contribution is 2.20. The van der Waals surface area contributed by atoms with Crippen LogP contribution >= 0.6 is 27.7 Å². The van der Waals surface area contributed by atoms with Crippen LogP contribution in [-0.4, -0.2) is 25.8 Å². The van der Waals surface area contributed by atoms with Gasteiger partial charge in [0.05, 0.1) is 0 Å². The molecule has 1 unspecified atom stereocenters. The summed E-state index contributed by atoms with van der Waals surface area (Å²) < 4.78 is 1.49. The first kappa shape index (κ1) is 14.5. The normalized spacial score (nSPS) is 12.6. The zero-order valence-corrected chi connectivity index (χ0v) is 12.3. The maximum atomic E-state index is 11.1. The molecule has 0 aliphatic rings. The molecule has 0 bridgehead atoms. The number of aromatic amines is 1. The van der Waals surface area contributed by atoms with Crippen LogP contribution in [0.4, 0.5) is 0 Å². The zero-order chi connectivity index (χ0) is 12.8. The van der Waals surface area contributed by atoms with Crippen LogP contribution in [0.25, 0.3) is 0 Å². The van der Waals surface area contributed by atoms with Gasteiger partial charge >= 0.3 is 11.1 Å². The molecule has 0 aliphatic carbocycles. The van der Waals surface area contributed by atoms with Gasteiger partial charge in [-0.3, -0.25) is 19.4 Å². The number of H-pyrrole nitrogens is 1. The first-order valence-corrected chi connectivity index (χ1v) is 7.55. The molecule has 96 valence electrons. The fraction of sp³-hybridized carbons (Fsp3) is 0.700. The number of halogens is 1. The molecule has 1 aromatic rings. The van der Waals surface area contributed by atoms with Gasteiger partial charge in [-0.15, -0.1) is 0 Å². The van der Waals surface area contributed by atoms with Gasteiger partial charge in [-0.2, -0.15) is 4.98 Å². The van der Waals surface area contributed by atoms with Crippen molar-refractivity contribution in [2.24, 2.45) is 13.0 Å². The van der Waals surface area contributed by atoms with E-state index in [4.69, 9.17) is 0 Å². The Morgan fingerprint density at radius 1 is 1.53 bits per heavy atom. The third-order valence-corrected chi connectivity index (χ3v) is 4.49. The molecule has 1 heterocycles. The summed E-state index contributed by atoms with van der Waals surface area (Å²) in [6.45, 7) is 2.15. The van der Waals surface area contributed by atoms with Crippen molar-refractivity contribution in [1.29, 1.82) is 0 Å². The summed E-state index contributed by atoms with van der Waals surface area (Å²) >= 11 is 4.97. The second-order valence-corrected chi connectivity index (χ2v) is 5.45. The van der Waals surface area contributed by atoms with E-state index in [-0.39, 0.29) is 0 Å². The van der Waals surface area contributed by atoms with Gasteiger partial charge in [0.2, 0.25) is 0 Å². The second kappa shape index (κ2) is 7.00. The Balaban J connectivity index is 2.72. The van der Waals surface area contributed by atoms with Crippen LogP contribution in [0.5, 0.6) is 0 Å². The van der Waals surface area contributed by atoms with E-state index in [1.807, 2.05) is 0 Å². The molecular formula is C10H16BrN3O2S. The van der Waals surface area contributed by atoms with Gasteiger partial charge in [0.15, 0.2) is 5.16 Å².